The highest BCUT2D eigenvalue weighted by Gasteiger charge is 2.13. The van der Waals surface area contributed by atoms with E-state index in [-0.39, 0.29) is 6.61 Å². The van der Waals surface area contributed by atoms with Crippen LogP contribution in [0.2, 0.25) is 0 Å². The fourth-order valence-electron chi connectivity index (χ4n) is 1.72. The third-order valence-corrected chi connectivity index (χ3v) is 3.71. The van der Waals surface area contributed by atoms with Crippen molar-refractivity contribution in [2.75, 3.05) is 7.11 Å². The van der Waals surface area contributed by atoms with Crippen LogP contribution in [0.3, 0.4) is 0 Å². The van der Waals surface area contributed by atoms with Crippen molar-refractivity contribution >= 4 is 11.3 Å². The minimum Gasteiger partial charge on any atom is -0.496 e. The Bertz CT molecular complexity index is 486. The molecule has 1 N–H and O–H groups in total. The highest BCUT2D eigenvalue weighted by Crippen LogP contribution is 2.34. The van der Waals surface area contributed by atoms with Gasteiger partial charge in [0.05, 0.1) is 29.9 Å². The normalized spacial score (nSPS) is 10.5. The Morgan fingerprint density at radius 3 is 2.71 bits per heavy atom. The first kappa shape index (κ1) is 12.1. The van der Waals surface area contributed by atoms with Crippen molar-refractivity contribution in [3.8, 4) is 16.3 Å². The Hall–Kier alpha value is -1.39. The Morgan fingerprint density at radius 2 is 2.12 bits per heavy atom. The first-order valence-corrected chi connectivity index (χ1v) is 6.34. The van der Waals surface area contributed by atoms with Gasteiger partial charge in [0.25, 0.3) is 0 Å². The molecular formula is C13H15NO2S. The first-order chi connectivity index (χ1) is 8.30. The van der Waals surface area contributed by atoms with E-state index in [1.165, 1.54) is 11.3 Å². The van der Waals surface area contributed by atoms with Gasteiger partial charge in [0.2, 0.25) is 0 Å². The van der Waals surface area contributed by atoms with Crippen LogP contribution in [-0.2, 0) is 13.0 Å². The van der Waals surface area contributed by atoms with Gasteiger partial charge in [-0.3, -0.25) is 0 Å². The minimum atomic E-state index is 0.0516. The maximum atomic E-state index is 9.28. The number of benzene rings is 1. The summed E-state index contributed by atoms with van der Waals surface area (Å²) in [6.45, 7) is 2.09. The fourth-order valence-corrected chi connectivity index (χ4v) is 2.76. The van der Waals surface area contributed by atoms with Gasteiger partial charge in [-0.2, -0.15) is 0 Å². The molecule has 0 radical (unpaired) electrons. The Morgan fingerprint density at radius 1 is 1.35 bits per heavy atom. The molecule has 0 aliphatic carbocycles. The number of hydrogen-bond donors (Lipinski definition) is 1. The molecule has 1 aromatic carbocycles. The lowest BCUT2D eigenvalue weighted by Gasteiger charge is -2.04. The SMILES string of the molecule is CCc1nc(-c2ccccc2OC)sc1CO. The molecule has 0 bridgehead atoms. The second kappa shape index (κ2) is 5.29. The van der Waals surface area contributed by atoms with Crippen LogP contribution in [0.15, 0.2) is 24.3 Å². The minimum absolute atomic E-state index is 0.0516. The van der Waals surface area contributed by atoms with Gasteiger partial charge in [-0.1, -0.05) is 19.1 Å². The second-order valence-corrected chi connectivity index (χ2v) is 4.68. The number of aliphatic hydroxyl groups is 1. The number of thiazole rings is 1. The number of para-hydroxylation sites is 1. The van der Waals surface area contributed by atoms with Gasteiger partial charge in [0.15, 0.2) is 0 Å². The van der Waals surface area contributed by atoms with Gasteiger partial charge in [0, 0.05) is 0 Å². The molecule has 2 aromatic rings. The Kier molecular flexibility index (Phi) is 3.76. The average Bonchev–Trinajstić information content (AvgIpc) is 2.81. The van der Waals surface area contributed by atoms with Crippen molar-refractivity contribution in [3.05, 3.63) is 34.8 Å². The van der Waals surface area contributed by atoms with E-state index < -0.39 is 0 Å². The molecule has 0 fully saturated rings. The summed E-state index contributed by atoms with van der Waals surface area (Å²) in [4.78, 5) is 5.50. The summed E-state index contributed by atoms with van der Waals surface area (Å²) >= 11 is 1.53. The molecule has 4 heteroatoms. The van der Waals surface area contributed by atoms with Crippen molar-refractivity contribution in [1.82, 2.24) is 4.98 Å². The van der Waals surface area contributed by atoms with E-state index in [0.717, 1.165) is 33.3 Å². The number of aliphatic hydroxyl groups excluding tert-OH is 1. The molecule has 0 atom stereocenters. The summed E-state index contributed by atoms with van der Waals surface area (Å²) in [6.07, 6.45) is 0.835. The van der Waals surface area contributed by atoms with E-state index in [9.17, 15) is 5.11 Å². The van der Waals surface area contributed by atoms with Crippen LogP contribution in [0.5, 0.6) is 5.75 Å². The summed E-state index contributed by atoms with van der Waals surface area (Å²) in [5.74, 6) is 0.813. The van der Waals surface area contributed by atoms with Crippen LogP contribution in [0.25, 0.3) is 10.6 Å². The maximum absolute atomic E-state index is 9.28. The lowest BCUT2D eigenvalue weighted by molar-refractivity contribution is 0.284. The quantitative estimate of drug-likeness (QED) is 0.906. The standard InChI is InChI=1S/C13H15NO2S/c1-3-10-12(8-15)17-13(14-10)9-6-4-5-7-11(9)16-2/h4-7,15H,3,8H2,1-2H3. The molecule has 0 saturated heterocycles. The van der Waals surface area contributed by atoms with Crippen LogP contribution in [0.1, 0.15) is 17.5 Å². The zero-order chi connectivity index (χ0) is 12.3. The molecular weight excluding hydrogens is 234 g/mol. The molecule has 0 aliphatic rings. The predicted molar refractivity (Wildman–Crippen MR) is 69.4 cm³/mol. The zero-order valence-corrected chi connectivity index (χ0v) is 10.8. The number of hydrogen-bond acceptors (Lipinski definition) is 4. The summed E-state index contributed by atoms with van der Waals surface area (Å²) in [6, 6.07) is 7.80. The van der Waals surface area contributed by atoms with Crippen LogP contribution >= 0.6 is 11.3 Å². The van der Waals surface area contributed by atoms with E-state index in [1.54, 1.807) is 7.11 Å². The highest BCUT2D eigenvalue weighted by molar-refractivity contribution is 7.15. The van der Waals surface area contributed by atoms with Gasteiger partial charge < -0.3 is 9.84 Å². The van der Waals surface area contributed by atoms with Gasteiger partial charge in [0.1, 0.15) is 10.8 Å². The van der Waals surface area contributed by atoms with Crippen molar-refractivity contribution in [2.24, 2.45) is 0 Å². The maximum Gasteiger partial charge on any atom is 0.129 e. The van der Waals surface area contributed by atoms with Crippen LogP contribution < -0.4 is 4.74 Å². The van der Waals surface area contributed by atoms with E-state index >= 15 is 0 Å². The smallest absolute Gasteiger partial charge is 0.129 e. The summed E-state index contributed by atoms with van der Waals surface area (Å²) in [5.41, 5.74) is 1.95. The molecule has 3 nitrogen and oxygen atoms in total. The Balaban J connectivity index is 2.49. The molecule has 1 heterocycles. The van der Waals surface area contributed by atoms with Crippen molar-refractivity contribution in [2.45, 2.75) is 20.0 Å². The van der Waals surface area contributed by atoms with Crippen molar-refractivity contribution in [3.63, 3.8) is 0 Å². The van der Waals surface area contributed by atoms with Crippen LogP contribution in [0, 0.1) is 0 Å². The summed E-state index contributed by atoms with van der Waals surface area (Å²) in [7, 11) is 1.65. The first-order valence-electron chi connectivity index (χ1n) is 5.53. The van der Waals surface area contributed by atoms with Crippen molar-refractivity contribution in [1.29, 1.82) is 0 Å². The molecule has 2 rings (SSSR count). The van der Waals surface area contributed by atoms with E-state index in [2.05, 4.69) is 4.98 Å². The number of rotatable bonds is 4. The molecule has 90 valence electrons. The fraction of sp³-hybridized carbons (Fsp3) is 0.308. The van der Waals surface area contributed by atoms with Crippen LogP contribution in [-0.4, -0.2) is 17.2 Å². The molecule has 0 unspecified atom stereocenters. The summed E-state index contributed by atoms with van der Waals surface area (Å²) < 4.78 is 5.32. The third kappa shape index (κ3) is 2.33. The van der Waals surface area contributed by atoms with Gasteiger partial charge in [-0.25, -0.2) is 4.98 Å². The predicted octanol–water partition coefficient (Wildman–Crippen LogP) is 2.87. The number of methoxy groups -OCH3 is 1. The number of aryl methyl sites for hydroxylation is 1. The lowest BCUT2D eigenvalue weighted by Crippen LogP contribution is -1.88. The largest absolute Gasteiger partial charge is 0.496 e. The molecule has 0 aliphatic heterocycles. The molecule has 0 spiro atoms. The van der Waals surface area contributed by atoms with Crippen LogP contribution in [0.4, 0.5) is 0 Å². The number of nitrogens with zero attached hydrogens (tertiary/aromatic N) is 1. The molecule has 17 heavy (non-hydrogen) atoms. The zero-order valence-electron chi connectivity index (χ0n) is 9.93. The van der Waals surface area contributed by atoms with E-state index in [1.807, 2.05) is 31.2 Å². The average molecular weight is 249 g/mol. The third-order valence-electron chi connectivity index (χ3n) is 2.59. The second-order valence-electron chi connectivity index (χ2n) is 3.60. The highest BCUT2D eigenvalue weighted by atomic mass is 32.1. The van der Waals surface area contributed by atoms with E-state index in [0.29, 0.717) is 0 Å². The Labute approximate surface area is 105 Å². The lowest BCUT2D eigenvalue weighted by atomic mass is 10.2. The monoisotopic (exact) mass is 249 g/mol. The van der Waals surface area contributed by atoms with Gasteiger partial charge in [-0.15, -0.1) is 11.3 Å². The van der Waals surface area contributed by atoms with Gasteiger partial charge >= 0.3 is 0 Å². The molecule has 0 saturated carbocycles. The molecule has 1 aromatic heterocycles. The van der Waals surface area contributed by atoms with E-state index in [4.69, 9.17) is 4.74 Å². The molecule has 0 amide bonds. The van der Waals surface area contributed by atoms with Crippen molar-refractivity contribution < 1.29 is 9.84 Å². The van der Waals surface area contributed by atoms with Gasteiger partial charge in [-0.05, 0) is 18.6 Å². The number of ether oxygens (including phenoxy) is 1. The topological polar surface area (TPSA) is 42.4 Å². The summed E-state index contributed by atoms with van der Waals surface area (Å²) in [5, 5.41) is 10.2. The number of aromatic nitrogens is 1.